The van der Waals surface area contributed by atoms with Crippen molar-refractivity contribution in [2.45, 2.75) is 62.9 Å². The fraction of sp³-hybridized carbons (Fsp3) is 0.500. The average molecular weight is 477 g/mol. The molecule has 2 saturated heterocycles. The van der Waals surface area contributed by atoms with Crippen LogP contribution in [0.1, 0.15) is 78.3 Å². The molecule has 2 aromatic carbocycles. The van der Waals surface area contributed by atoms with Gasteiger partial charge in [0.25, 0.3) is 5.91 Å². The van der Waals surface area contributed by atoms with E-state index < -0.39 is 0 Å². The van der Waals surface area contributed by atoms with Crippen molar-refractivity contribution in [3.63, 3.8) is 0 Å². The predicted molar refractivity (Wildman–Crippen MR) is 138 cm³/mol. The number of carbonyl (C=O) groups is 2. The van der Waals surface area contributed by atoms with Crippen LogP contribution in [-0.4, -0.2) is 49.2 Å². The molecule has 7 nitrogen and oxygen atoms in total. The molecule has 186 valence electrons. The first kappa shape index (κ1) is 23.7. The first-order chi connectivity index (χ1) is 17.1. The van der Waals surface area contributed by atoms with Gasteiger partial charge in [0.05, 0.1) is 6.10 Å². The minimum Gasteiger partial charge on any atom is -0.399 e. The van der Waals surface area contributed by atoms with E-state index in [2.05, 4.69) is 22.8 Å². The number of nitrogen functional groups attached to an aromatic ring is 1. The van der Waals surface area contributed by atoms with E-state index >= 15 is 0 Å². The van der Waals surface area contributed by atoms with Crippen molar-refractivity contribution < 1.29 is 14.3 Å². The van der Waals surface area contributed by atoms with Crippen LogP contribution in [0.4, 0.5) is 16.2 Å². The fourth-order valence-electron chi connectivity index (χ4n) is 5.42. The van der Waals surface area contributed by atoms with Gasteiger partial charge in [-0.1, -0.05) is 24.6 Å². The first-order valence-electron chi connectivity index (χ1n) is 13.0. The van der Waals surface area contributed by atoms with Gasteiger partial charge in [0, 0.05) is 43.2 Å². The SMILES string of the molecule is Nc1ccc(C2CCN(C(=O)c3ccc(C4CCC4)c(NC(=O)NC[C@H]4CCCO4)c3)CC2)cc1. The Hall–Kier alpha value is -3.06. The van der Waals surface area contributed by atoms with Gasteiger partial charge in [0.15, 0.2) is 0 Å². The molecular formula is C28H36N4O3. The highest BCUT2D eigenvalue weighted by Gasteiger charge is 2.27. The van der Waals surface area contributed by atoms with Crippen molar-refractivity contribution in [3.8, 4) is 0 Å². The maximum absolute atomic E-state index is 13.4. The second-order valence-corrected chi connectivity index (χ2v) is 10.1. The van der Waals surface area contributed by atoms with Crippen LogP contribution in [-0.2, 0) is 4.74 Å². The quantitative estimate of drug-likeness (QED) is 0.519. The monoisotopic (exact) mass is 476 g/mol. The molecule has 1 saturated carbocycles. The molecule has 0 aromatic heterocycles. The lowest BCUT2D eigenvalue weighted by Crippen LogP contribution is -2.38. The van der Waals surface area contributed by atoms with Crippen LogP contribution in [0.5, 0.6) is 0 Å². The molecule has 0 spiro atoms. The number of piperidine rings is 1. The summed E-state index contributed by atoms with van der Waals surface area (Å²) in [5.41, 5.74) is 10.4. The number of hydrogen-bond donors (Lipinski definition) is 3. The van der Waals surface area contributed by atoms with E-state index in [4.69, 9.17) is 10.5 Å². The molecule has 2 heterocycles. The molecule has 0 bridgehead atoms. The van der Waals surface area contributed by atoms with E-state index in [9.17, 15) is 9.59 Å². The number of ether oxygens (including phenoxy) is 1. The van der Waals surface area contributed by atoms with Gasteiger partial charge >= 0.3 is 6.03 Å². The minimum atomic E-state index is -0.241. The second-order valence-electron chi connectivity index (χ2n) is 10.1. The van der Waals surface area contributed by atoms with E-state index in [1.165, 1.54) is 12.0 Å². The number of nitrogens with one attached hydrogen (secondary N) is 2. The second kappa shape index (κ2) is 10.7. The summed E-state index contributed by atoms with van der Waals surface area (Å²) in [6.45, 7) is 2.72. The van der Waals surface area contributed by atoms with E-state index in [1.807, 2.05) is 35.2 Å². The van der Waals surface area contributed by atoms with Gasteiger partial charge in [-0.25, -0.2) is 4.79 Å². The molecule has 35 heavy (non-hydrogen) atoms. The maximum Gasteiger partial charge on any atom is 0.319 e. The van der Waals surface area contributed by atoms with Gasteiger partial charge in [0.1, 0.15) is 0 Å². The molecule has 4 N–H and O–H groups in total. The third-order valence-corrected chi connectivity index (χ3v) is 7.80. The van der Waals surface area contributed by atoms with Crippen LogP contribution in [0, 0.1) is 0 Å². The van der Waals surface area contributed by atoms with Crippen LogP contribution in [0.15, 0.2) is 42.5 Å². The molecule has 1 atom stereocenters. The number of benzene rings is 2. The molecule has 0 radical (unpaired) electrons. The fourth-order valence-corrected chi connectivity index (χ4v) is 5.42. The lowest BCUT2D eigenvalue weighted by atomic mass is 9.79. The Morgan fingerprint density at radius 1 is 0.943 bits per heavy atom. The summed E-state index contributed by atoms with van der Waals surface area (Å²) in [6.07, 6.45) is 7.44. The third-order valence-electron chi connectivity index (χ3n) is 7.80. The summed E-state index contributed by atoms with van der Waals surface area (Å²) < 4.78 is 5.60. The number of urea groups is 1. The average Bonchev–Trinajstić information content (AvgIpc) is 3.37. The number of nitrogens with zero attached hydrogens (tertiary/aromatic N) is 1. The van der Waals surface area contributed by atoms with E-state index in [1.54, 1.807) is 0 Å². The lowest BCUT2D eigenvalue weighted by Gasteiger charge is -2.33. The smallest absolute Gasteiger partial charge is 0.319 e. The Labute approximate surface area is 207 Å². The van der Waals surface area contributed by atoms with Crippen LogP contribution < -0.4 is 16.4 Å². The molecule has 2 aromatic rings. The van der Waals surface area contributed by atoms with Crippen molar-refractivity contribution in [2.24, 2.45) is 0 Å². The van der Waals surface area contributed by atoms with Crippen molar-refractivity contribution in [3.05, 3.63) is 59.2 Å². The summed E-state index contributed by atoms with van der Waals surface area (Å²) >= 11 is 0. The largest absolute Gasteiger partial charge is 0.399 e. The Morgan fingerprint density at radius 2 is 1.71 bits per heavy atom. The van der Waals surface area contributed by atoms with Gasteiger partial charge in [-0.05, 0) is 85.8 Å². The molecule has 2 aliphatic heterocycles. The molecule has 0 unspecified atom stereocenters. The first-order valence-corrected chi connectivity index (χ1v) is 13.0. The lowest BCUT2D eigenvalue weighted by molar-refractivity contribution is 0.0713. The van der Waals surface area contributed by atoms with Gasteiger partial charge in [-0.3, -0.25) is 4.79 Å². The van der Waals surface area contributed by atoms with E-state index in [0.717, 1.165) is 75.2 Å². The van der Waals surface area contributed by atoms with Gasteiger partial charge in [-0.15, -0.1) is 0 Å². The molecular weight excluding hydrogens is 440 g/mol. The molecule has 3 fully saturated rings. The molecule has 1 aliphatic carbocycles. The van der Waals surface area contributed by atoms with Crippen LogP contribution in [0.2, 0.25) is 0 Å². The highest BCUT2D eigenvalue weighted by atomic mass is 16.5. The number of amides is 3. The molecule has 3 amide bonds. The summed E-state index contributed by atoms with van der Waals surface area (Å²) in [7, 11) is 0. The van der Waals surface area contributed by atoms with Crippen LogP contribution >= 0.6 is 0 Å². The van der Waals surface area contributed by atoms with Gasteiger partial charge < -0.3 is 26.0 Å². The summed E-state index contributed by atoms with van der Waals surface area (Å²) in [5.74, 6) is 0.928. The minimum absolute atomic E-state index is 0.0312. The summed E-state index contributed by atoms with van der Waals surface area (Å²) in [6, 6.07) is 13.7. The summed E-state index contributed by atoms with van der Waals surface area (Å²) in [5, 5.41) is 5.96. The number of carbonyl (C=O) groups excluding carboxylic acids is 2. The number of nitrogens with two attached hydrogens (primary N) is 1. The van der Waals surface area contributed by atoms with Gasteiger partial charge in [0.2, 0.25) is 0 Å². The van der Waals surface area contributed by atoms with Crippen LogP contribution in [0.25, 0.3) is 0 Å². The third kappa shape index (κ3) is 5.61. The topological polar surface area (TPSA) is 96.7 Å². The summed E-state index contributed by atoms with van der Waals surface area (Å²) in [4.78, 5) is 27.9. The molecule has 5 rings (SSSR count). The van der Waals surface area contributed by atoms with E-state index in [-0.39, 0.29) is 18.0 Å². The zero-order valence-electron chi connectivity index (χ0n) is 20.3. The zero-order chi connectivity index (χ0) is 24.2. The van der Waals surface area contributed by atoms with Crippen molar-refractivity contribution in [2.75, 3.05) is 37.3 Å². The normalized spacial score (nSPS) is 20.9. The standard InChI is InChI=1S/C28H36N4O3/c29-23-9-6-19(7-10-23)20-12-14-32(15-13-20)27(33)22-8-11-25(21-3-1-4-21)26(17-22)31-28(34)30-18-24-5-2-16-35-24/h6-11,17,20-21,24H,1-5,12-16,18,29H2,(H2,30,31,34)/t24-/m1/s1. The maximum atomic E-state index is 13.4. The Bertz CT molecular complexity index is 1040. The van der Waals surface area contributed by atoms with Gasteiger partial charge in [-0.2, -0.15) is 0 Å². The predicted octanol–water partition coefficient (Wildman–Crippen LogP) is 4.86. The zero-order valence-corrected chi connectivity index (χ0v) is 20.3. The van der Waals surface area contributed by atoms with Crippen LogP contribution in [0.3, 0.4) is 0 Å². The number of likely N-dealkylation sites (tertiary alicyclic amines) is 1. The molecule has 7 heteroatoms. The highest BCUT2D eigenvalue weighted by Crippen LogP contribution is 2.40. The molecule has 3 aliphatic rings. The number of rotatable bonds is 6. The number of anilines is 2. The van der Waals surface area contributed by atoms with Crippen molar-refractivity contribution >= 4 is 23.3 Å². The Kier molecular flexibility index (Phi) is 7.23. The Morgan fingerprint density at radius 3 is 2.37 bits per heavy atom. The van der Waals surface area contributed by atoms with Crippen molar-refractivity contribution in [1.82, 2.24) is 10.2 Å². The highest BCUT2D eigenvalue weighted by molar-refractivity contribution is 5.97. The number of hydrogen-bond acceptors (Lipinski definition) is 4. The van der Waals surface area contributed by atoms with E-state index in [0.29, 0.717) is 23.9 Å². The Balaban J connectivity index is 1.23. The van der Waals surface area contributed by atoms with Crippen molar-refractivity contribution in [1.29, 1.82) is 0 Å².